The van der Waals surface area contributed by atoms with E-state index >= 15 is 0 Å². The molecule has 0 radical (unpaired) electrons. The highest BCUT2D eigenvalue weighted by Crippen LogP contribution is 2.30. The lowest BCUT2D eigenvalue weighted by Gasteiger charge is -2.23. The SMILES string of the molecule is Cl.N[C@H](c1ccc(N2CCCC2)cc1)[C@@H](O)C(F)(F)F. The Hall–Kier alpha value is -0.980. The third-order valence-electron chi connectivity index (χ3n) is 3.42. The lowest BCUT2D eigenvalue weighted by Crippen LogP contribution is -2.38. The van der Waals surface area contributed by atoms with Gasteiger partial charge in [-0.15, -0.1) is 12.4 Å². The molecule has 1 aromatic rings. The summed E-state index contributed by atoms with van der Waals surface area (Å²) in [6.45, 7) is 1.94. The van der Waals surface area contributed by atoms with Crippen LogP contribution in [0.3, 0.4) is 0 Å². The van der Waals surface area contributed by atoms with Crippen molar-refractivity contribution in [3.05, 3.63) is 29.8 Å². The molecule has 0 saturated carbocycles. The van der Waals surface area contributed by atoms with Crippen molar-refractivity contribution >= 4 is 18.1 Å². The van der Waals surface area contributed by atoms with Crippen LogP contribution in [0.5, 0.6) is 0 Å². The summed E-state index contributed by atoms with van der Waals surface area (Å²) < 4.78 is 37.1. The number of alkyl halides is 3. The van der Waals surface area contributed by atoms with Gasteiger partial charge in [0.25, 0.3) is 0 Å². The average molecular weight is 311 g/mol. The molecular weight excluding hydrogens is 293 g/mol. The number of aliphatic hydroxyl groups is 1. The van der Waals surface area contributed by atoms with E-state index in [1.807, 2.05) is 0 Å². The van der Waals surface area contributed by atoms with Crippen LogP contribution >= 0.6 is 12.4 Å². The van der Waals surface area contributed by atoms with E-state index in [-0.39, 0.29) is 18.0 Å². The van der Waals surface area contributed by atoms with Gasteiger partial charge in [0.15, 0.2) is 6.10 Å². The van der Waals surface area contributed by atoms with Crippen LogP contribution in [0.1, 0.15) is 24.4 Å². The molecule has 2 rings (SSSR count). The molecule has 3 N–H and O–H groups in total. The van der Waals surface area contributed by atoms with E-state index in [4.69, 9.17) is 10.8 Å². The van der Waals surface area contributed by atoms with Gasteiger partial charge in [-0.05, 0) is 30.5 Å². The largest absolute Gasteiger partial charge is 0.416 e. The molecule has 0 spiro atoms. The Morgan fingerprint density at radius 3 is 2.05 bits per heavy atom. The predicted molar refractivity (Wildman–Crippen MR) is 74.1 cm³/mol. The molecule has 20 heavy (non-hydrogen) atoms. The zero-order valence-electron chi connectivity index (χ0n) is 10.8. The maximum absolute atomic E-state index is 12.4. The number of benzene rings is 1. The summed E-state index contributed by atoms with van der Waals surface area (Å²) in [6.07, 6.45) is -4.97. The minimum Gasteiger partial charge on any atom is -0.382 e. The van der Waals surface area contributed by atoms with Crippen LogP contribution in [0.15, 0.2) is 24.3 Å². The van der Waals surface area contributed by atoms with Gasteiger partial charge in [-0.1, -0.05) is 12.1 Å². The Morgan fingerprint density at radius 1 is 1.10 bits per heavy atom. The van der Waals surface area contributed by atoms with Gasteiger partial charge in [-0.3, -0.25) is 0 Å². The van der Waals surface area contributed by atoms with Gasteiger partial charge < -0.3 is 15.7 Å². The number of halogens is 4. The third-order valence-corrected chi connectivity index (χ3v) is 3.42. The van der Waals surface area contributed by atoms with Gasteiger partial charge in [0.05, 0.1) is 6.04 Å². The minimum absolute atomic E-state index is 0. The van der Waals surface area contributed by atoms with Crippen molar-refractivity contribution in [2.24, 2.45) is 5.73 Å². The number of hydrogen-bond donors (Lipinski definition) is 2. The van der Waals surface area contributed by atoms with Crippen LogP contribution in [0, 0.1) is 0 Å². The number of hydrogen-bond acceptors (Lipinski definition) is 3. The summed E-state index contributed by atoms with van der Waals surface area (Å²) in [6, 6.07) is 5.15. The van der Waals surface area contributed by atoms with Crippen molar-refractivity contribution in [3.8, 4) is 0 Å². The molecule has 1 aliphatic heterocycles. The quantitative estimate of drug-likeness (QED) is 0.902. The van der Waals surface area contributed by atoms with Crippen LogP contribution < -0.4 is 10.6 Å². The van der Waals surface area contributed by atoms with E-state index < -0.39 is 18.3 Å². The fraction of sp³-hybridized carbons (Fsp3) is 0.538. The van der Waals surface area contributed by atoms with Crippen molar-refractivity contribution in [1.82, 2.24) is 0 Å². The number of nitrogens with two attached hydrogens (primary N) is 1. The molecule has 1 aliphatic rings. The highest BCUT2D eigenvalue weighted by molar-refractivity contribution is 5.85. The molecule has 1 heterocycles. The Morgan fingerprint density at radius 2 is 1.60 bits per heavy atom. The zero-order valence-corrected chi connectivity index (χ0v) is 11.6. The highest BCUT2D eigenvalue weighted by Gasteiger charge is 2.42. The average Bonchev–Trinajstić information content (AvgIpc) is 2.90. The van der Waals surface area contributed by atoms with Gasteiger partial charge in [-0.25, -0.2) is 0 Å². The van der Waals surface area contributed by atoms with Crippen LogP contribution in [-0.2, 0) is 0 Å². The van der Waals surface area contributed by atoms with E-state index in [0.29, 0.717) is 0 Å². The van der Waals surface area contributed by atoms with Crippen molar-refractivity contribution in [2.45, 2.75) is 31.2 Å². The molecular formula is C13H18ClF3N2O. The van der Waals surface area contributed by atoms with Crippen LogP contribution in [0.4, 0.5) is 18.9 Å². The Bertz CT molecular complexity index is 419. The maximum atomic E-state index is 12.4. The zero-order chi connectivity index (χ0) is 14.0. The smallest absolute Gasteiger partial charge is 0.382 e. The normalized spacial score (nSPS) is 18.6. The Kier molecular flexibility index (Phi) is 5.68. The molecule has 114 valence electrons. The highest BCUT2D eigenvalue weighted by atomic mass is 35.5. The Balaban J connectivity index is 0.00000200. The monoisotopic (exact) mass is 310 g/mol. The molecule has 0 aliphatic carbocycles. The van der Waals surface area contributed by atoms with Crippen LogP contribution in [0.2, 0.25) is 0 Å². The second-order valence-corrected chi connectivity index (χ2v) is 4.80. The van der Waals surface area contributed by atoms with Gasteiger partial charge in [-0.2, -0.15) is 13.2 Å². The molecule has 0 bridgehead atoms. The maximum Gasteiger partial charge on any atom is 0.416 e. The van der Waals surface area contributed by atoms with E-state index in [0.717, 1.165) is 31.6 Å². The first-order valence-electron chi connectivity index (χ1n) is 6.25. The van der Waals surface area contributed by atoms with E-state index in [2.05, 4.69) is 4.90 Å². The first-order chi connectivity index (χ1) is 8.89. The van der Waals surface area contributed by atoms with Crippen LogP contribution in [0.25, 0.3) is 0 Å². The minimum atomic E-state index is -4.70. The van der Waals surface area contributed by atoms with E-state index in [9.17, 15) is 13.2 Å². The standard InChI is InChI=1S/C13H17F3N2O.ClH/c14-13(15,16)12(19)11(17)9-3-5-10(6-4-9)18-7-1-2-8-18;/h3-6,11-12,19H,1-2,7-8,17H2;1H/t11-,12-;/m1./s1. The molecule has 1 fully saturated rings. The predicted octanol–water partition coefficient (Wildman–Crippen LogP) is 2.63. The van der Waals surface area contributed by atoms with Gasteiger partial charge >= 0.3 is 6.18 Å². The first kappa shape index (κ1) is 17.1. The third kappa shape index (κ3) is 3.77. The fourth-order valence-electron chi connectivity index (χ4n) is 2.27. The lowest BCUT2D eigenvalue weighted by atomic mass is 10.0. The fourth-order valence-corrected chi connectivity index (χ4v) is 2.27. The molecule has 7 heteroatoms. The summed E-state index contributed by atoms with van der Waals surface area (Å²) in [5, 5.41) is 9.13. The second kappa shape index (κ2) is 6.65. The number of nitrogens with zero attached hydrogens (tertiary/aromatic N) is 1. The summed E-state index contributed by atoms with van der Waals surface area (Å²) in [4.78, 5) is 2.18. The van der Waals surface area contributed by atoms with Crippen molar-refractivity contribution in [3.63, 3.8) is 0 Å². The molecule has 1 saturated heterocycles. The number of rotatable bonds is 3. The van der Waals surface area contributed by atoms with E-state index in [1.54, 1.807) is 24.3 Å². The molecule has 3 nitrogen and oxygen atoms in total. The first-order valence-corrected chi connectivity index (χ1v) is 6.25. The summed E-state index contributed by atoms with van der Waals surface area (Å²) in [7, 11) is 0. The summed E-state index contributed by atoms with van der Waals surface area (Å²) >= 11 is 0. The molecule has 0 amide bonds. The van der Waals surface area contributed by atoms with Crippen LogP contribution in [-0.4, -0.2) is 30.5 Å². The summed E-state index contributed by atoms with van der Waals surface area (Å²) in [5.74, 6) is 0. The summed E-state index contributed by atoms with van der Waals surface area (Å²) in [5.41, 5.74) is 6.71. The molecule has 0 aromatic heterocycles. The van der Waals surface area contributed by atoms with Gasteiger partial charge in [0.1, 0.15) is 0 Å². The molecule has 2 atom stereocenters. The van der Waals surface area contributed by atoms with Crippen molar-refractivity contribution in [1.29, 1.82) is 0 Å². The van der Waals surface area contributed by atoms with Gasteiger partial charge in [0.2, 0.25) is 0 Å². The van der Waals surface area contributed by atoms with Crippen molar-refractivity contribution < 1.29 is 18.3 Å². The Labute approximate surface area is 122 Å². The van der Waals surface area contributed by atoms with E-state index in [1.165, 1.54) is 0 Å². The second-order valence-electron chi connectivity index (χ2n) is 4.80. The number of anilines is 1. The molecule has 1 aromatic carbocycles. The number of aliphatic hydroxyl groups excluding tert-OH is 1. The molecule has 0 unspecified atom stereocenters. The van der Waals surface area contributed by atoms with Gasteiger partial charge in [0, 0.05) is 18.8 Å². The topological polar surface area (TPSA) is 49.5 Å². The van der Waals surface area contributed by atoms with Crippen molar-refractivity contribution in [2.75, 3.05) is 18.0 Å². The lowest BCUT2D eigenvalue weighted by molar-refractivity contribution is -0.210.